The van der Waals surface area contributed by atoms with Gasteiger partial charge in [0.15, 0.2) is 0 Å². The molecule has 2 aromatic carbocycles. The fourth-order valence-corrected chi connectivity index (χ4v) is 4.35. The predicted molar refractivity (Wildman–Crippen MR) is 119 cm³/mol. The number of carbonyl (C=O) groups excluding carboxylic acids is 2. The summed E-state index contributed by atoms with van der Waals surface area (Å²) in [6.45, 7) is 4.09. The fraction of sp³-hybridized carbons (Fsp3) is 0.391. The number of nitrogens with one attached hydrogen (secondary N) is 1. The lowest BCUT2D eigenvalue weighted by Gasteiger charge is -2.39. The Morgan fingerprint density at radius 3 is 2.40 bits per heavy atom. The van der Waals surface area contributed by atoms with E-state index in [1.54, 1.807) is 11.0 Å². The highest BCUT2D eigenvalue weighted by Gasteiger charge is 2.44. The van der Waals surface area contributed by atoms with Crippen molar-refractivity contribution in [3.8, 4) is 0 Å². The average Bonchev–Trinajstić information content (AvgIpc) is 3.08. The first kappa shape index (κ1) is 22.6. The molecule has 0 spiro atoms. The molecule has 3 atom stereocenters. The van der Waals surface area contributed by atoms with Crippen LogP contribution in [0.3, 0.4) is 0 Å². The molecule has 0 radical (unpaired) electrons. The molecule has 7 heteroatoms. The first-order valence-electron chi connectivity index (χ1n) is 9.97. The van der Waals surface area contributed by atoms with Gasteiger partial charge in [-0.25, -0.2) is 4.79 Å². The summed E-state index contributed by atoms with van der Waals surface area (Å²) in [4.78, 5) is 27.2. The molecule has 1 aliphatic rings. The minimum absolute atomic E-state index is 0.0834. The van der Waals surface area contributed by atoms with E-state index in [0.717, 1.165) is 11.1 Å². The number of nitrogens with zero attached hydrogens (tertiary/aromatic N) is 1. The van der Waals surface area contributed by atoms with Crippen LogP contribution >= 0.6 is 23.2 Å². The van der Waals surface area contributed by atoms with Gasteiger partial charge >= 0.3 is 5.97 Å². The zero-order valence-corrected chi connectivity index (χ0v) is 18.8. The van der Waals surface area contributed by atoms with E-state index >= 15 is 0 Å². The summed E-state index contributed by atoms with van der Waals surface area (Å²) in [5.74, 6) is -0.493. The minimum atomic E-state index is -0.643. The van der Waals surface area contributed by atoms with Crippen LogP contribution in [0.25, 0.3) is 0 Å². The monoisotopic (exact) mass is 448 g/mol. The lowest BCUT2D eigenvalue weighted by atomic mass is 9.90. The van der Waals surface area contributed by atoms with E-state index in [9.17, 15) is 9.59 Å². The van der Waals surface area contributed by atoms with Crippen LogP contribution in [0, 0.1) is 0 Å². The van der Waals surface area contributed by atoms with Gasteiger partial charge in [0.1, 0.15) is 6.04 Å². The van der Waals surface area contributed by atoms with E-state index in [1.807, 2.05) is 56.3 Å². The molecule has 3 rings (SSSR count). The number of halogens is 2. The van der Waals surface area contributed by atoms with Crippen molar-refractivity contribution in [2.45, 2.75) is 50.9 Å². The van der Waals surface area contributed by atoms with Gasteiger partial charge in [0.05, 0.1) is 19.2 Å². The number of likely N-dealkylation sites (tertiary alicyclic amines) is 1. The molecular formula is C23H26Cl2N2O3. The maximum Gasteiger partial charge on any atom is 0.328 e. The van der Waals surface area contributed by atoms with Crippen LogP contribution in [0.2, 0.25) is 10.0 Å². The highest BCUT2D eigenvalue weighted by atomic mass is 35.5. The number of methoxy groups -OCH3 is 1. The number of rotatable bonds is 7. The van der Waals surface area contributed by atoms with Gasteiger partial charge in [-0.1, -0.05) is 61.3 Å². The van der Waals surface area contributed by atoms with Crippen molar-refractivity contribution in [2.24, 2.45) is 0 Å². The molecule has 30 heavy (non-hydrogen) atoms. The van der Waals surface area contributed by atoms with Gasteiger partial charge in [-0.05, 0) is 41.8 Å². The van der Waals surface area contributed by atoms with Crippen LogP contribution in [-0.4, -0.2) is 36.0 Å². The summed E-state index contributed by atoms with van der Waals surface area (Å²) in [6.07, 6.45) is 0.726. The van der Waals surface area contributed by atoms with Crippen molar-refractivity contribution in [2.75, 3.05) is 7.11 Å². The normalized spacial score (nSPS) is 18.5. The third kappa shape index (κ3) is 4.97. The number of hydrogen-bond donors (Lipinski definition) is 1. The van der Waals surface area contributed by atoms with Gasteiger partial charge in [-0.3, -0.25) is 4.79 Å². The maximum absolute atomic E-state index is 13.0. The van der Waals surface area contributed by atoms with Crippen molar-refractivity contribution in [1.82, 2.24) is 10.2 Å². The van der Waals surface area contributed by atoms with Gasteiger partial charge in [0.2, 0.25) is 5.91 Å². The van der Waals surface area contributed by atoms with Gasteiger partial charge in [-0.15, -0.1) is 0 Å². The smallest absolute Gasteiger partial charge is 0.328 e. The molecule has 0 saturated carbocycles. The lowest BCUT2D eigenvalue weighted by Crippen LogP contribution is -2.47. The Kier molecular flexibility index (Phi) is 7.40. The number of ether oxygens (including phenoxy) is 1. The number of esters is 1. The van der Waals surface area contributed by atoms with E-state index in [4.69, 9.17) is 27.9 Å². The molecule has 2 aromatic rings. The number of carbonyl (C=O) groups is 2. The van der Waals surface area contributed by atoms with Crippen LogP contribution < -0.4 is 5.32 Å². The molecule has 0 aliphatic carbocycles. The Hall–Kier alpha value is -2.08. The zero-order chi connectivity index (χ0) is 21.8. The maximum atomic E-state index is 13.0. The summed E-state index contributed by atoms with van der Waals surface area (Å²) in [5.41, 5.74) is 1.81. The predicted octanol–water partition coefficient (Wildman–Crippen LogP) is 4.94. The van der Waals surface area contributed by atoms with Crippen molar-refractivity contribution < 1.29 is 14.3 Å². The Balaban J connectivity index is 2.16. The van der Waals surface area contributed by atoms with E-state index in [2.05, 4.69) is 5.32 Å². The Morgan fingerprint density at radius 2 is 1.80 bits per heavy atom. The van der Waals surface area contributed by atoms with E-state index in [1.165, 1.54) is 7.11 Å². The Morgan fingerprint density at radius 1 is 1.10 bits per heavy atom. The standard InChI is InChI=1S/C23H26Cl2N2O3/c1-14(2)26-21(15-7-9-17(24)10-8-15)22(16-5-4-6-18(25)13-16)27-19(23(29)30-3)11-12-20(27)28/h4-10,13-14,19,21-22,26H,11-12H2,1-3H3. The molecule has 1 heterocycles. The van der Waals surface area contributed by atoms with Gasteiger partial charge in [0, 0.05) is 22.5 Å². The Labute approximate surface area is 187 Å². The fourth-order valence-electron chi connectivity index (χ4n) is 4.02. The average molecular weight is 449 g/mol. The molecular weight excluding hydrogens is 423 g/mol. The first-order valence-corrected chi connectivity index (χ1v) is 10.7. The van der Waals surface area contributed by atoms with E-state index in [0.29, 0.717) is 22.9 Å². The van der Waals surface area contributed by atoms with E-state index in [-0.39, 0.29) is 18.0 Å². The second kappa shape index (κ2) is 9.82. The molecule has 0 aromatic heterocycles. The molecule has 1 fully saturated rings. The molecule has 5 nitrogen and oxygen atoms in total. The van der Waals surface area contributed by atoms with Crippen molar-refractivity contribution in [3.63, 3.8) is 0 Å². The number of hydrogen-bond acceptors (Lipinski definition) is 4. The minimum Gasteiger partial charge on any atom is -0.467 e. The van der Waals surface area contributed by atoms with Gasteiger partial charge in [0.25, 0.3) is 0 Å². The topological polar surface area (TPSA) is 58.6 Å². The summed E-state index contributed by atoms with van der Waals surface area (Å²) in [5, 5.41) is 4.77. The summed E-state index contributed by atoms with van der Waals surface area (Å²) < 4.78 is 5.01. The molecule has 3 unspecified atom stereocenters. The van der Waals surface area contributed by atoms with Gasteiger partial charge in [-0.2, -0.15) is 0 Å². The van der Waals surface area contributed by atoms with Crippen molar-refractivity contribution >= 4 is 35.1 Å². The molecule has 1 amide bonds. The van der Waals surface area contributed by atoms with Gasteiger partial charge < -0.3 is 15.0 Å². The van der Waals surface area contributed by atoms with Crippen molar-refractivity contribution in [1.29, 1.82) is 0 Å². The molecule has 160 valence electrons. The quantitative estimate of drug-likeness (QED) is 0.609. The van der Waals surface area contributed by atoms with Crippen LogP contribution in [0.5, 0.6) is 0 Å². The van der Waals surface area contributed by atoms with Crippen molar-refractivity contribution in [3.05, 3.63) is 69.7 Å². The second-order valence-corrected chi connectivity index (χ2v) is 8.60. The van der Waals surface area contributed by atoms with Crippen LogP contribution in [0.4, 0.5) is 0 Å². The summed E-state index contributed by atoms with van der Waals surface area (Å²) >= 11 is 12.4. The zero-order valence-electron chi connectivity index (χ0n) is 17.3. The first-order chi connectivity index (χ1) is 14.3. The second-order valence-electron chi connectivity index (χ2n) is 7.73. The third-order valence-electron chi connectivity index (χ3n) is 5.28. The Bertz CT molecular complexity index is 902. The summed E-state index contributed by atoms with van der Waals surface area (Å²) in [7, 11) is 1.35. The van der Waals surface area contributed by atoms with Crippen LogP contribution in [0.1, 0.15) is 49.9 Å². The van der Waals surface area contributed by atoms with Crippen LogP contribution in [0.15, 0.2) is 48.5 Å². The van der Waals surface area contributed by atoms with E-state index < -0.39 is 18.1 Å². The largest absolute Gasteiger partial charge is 0.467 e. The third-order valence-corrected chi connectivity index (χ3v) is 5.76. The molecule has 1 saturated heterocycles. The molecule has 1 aliphatic heterocycles. The molecule has 1 N–H and O–H groups in total. The highest BCUT2D eigenvalue weighted by molar-refractivity contribution is 6.30. The summed E-state index contributed by atoms with van der Waals surface area (Å²) in [6, 6.07) is 13.7. The SMILES string of the molecule is COC(=O)C1CCC(=O)N1C(c1cccc(Cl)c1)C(NC(C)C)c1ccc(Cl)cc1. The molecule has 0 bridgehead atoms. The highest BCUT2D eigenvalue weighted by Crippen LogP contribution is 2.40. The number of benzene rings is 2. The van der Waals surface area contributed by atoms with Crippen LogP contribution in [-0.2, 0) is 14.3 Å². The number of amides is 1. The lowest BCUT2D eigenvalue weighted by molar-refractivity contribution is -0.151.